The van der Waals surface area contributed by atoms with Crippen LogP contribution in [0.3, 0.4) is 0 Å². The zero-order chi connectivity index (χ0) is 34.1. The summed E-state index contributed by atoms with van der Waals surface area (Å²) in [4.78, 5) is 9.23. The van der Waals surface area contributed by atoms with Crippen LogP contribution in [0.5, 0.6) is 17.2 Å². The molecule has 3 aromatic heterocycles. The summed E-state index contributed by atoms with van der Waals surface area (Å²) in [5.41, 5.74) is 5.77. The minimum Gasteiger partial charge on any atom is -0.504 e. The lowest BCUT2D eigenvalue weighted by molar-refractivity contribution is 0.368. The van der Waals surface area contributed by atoms with Crippen molar-refractivity contribution < 1.29 is 22.2 Å². The van der Waals surface area contributed by atoms with Crippen LogP contribution in [0.15, 0.2) is 134 Å². The Kier molecular flexibility index (Phi) is 4.70. The van der Waals surface area contributed by atoms with E-state index in [0.29, 0.717) is 22.5 Å². The van der Waals surface area contributed by atoms with Gasteiger partial charge in [-0.2, -0.15) is 0 Å². The van der Waals surface area contributed by atoms with Crippen molar-refractivity contribution in [2.45, 2.75) is 0 Å². The van der Waals surface area contributed by atoms with Gasteiger partial charge >= 0.3 is 0 Å². The number of benzene rings is 5. The fourth-order valence-electron chi connectivity index (χ4n) is 5.72. The maximum atomic E-state index is 10.0. The molecule has 0 aliphatic heterocycles. The molecule has 5 aromatic carbocycles. The molecule has 8 rings (SSSR count). The molecule has 6 nitrogen and oxygen atoms in total. The van der Waals surface area contributed by atoms with Gasteiger partial charge in [-0.1, -0.05) is 60.5 Å². The number of fused-ring (bicyclic) bond motifs is 4. The summed E-state index contributed by atoms with van der Waals surface area (Å²) in [6.07, 6.45) is 3.50. The Morgan fingerprint density at radius 1 is 0.568 bits per heavy atom. The summed E-state index contributed by atoms with van der Waals surface area (Å²) in [5.74, 6) is -1.39. The molecule has 0 spiro atoms. The zero-order valence-electron chi connectivity index (χ0n) is 28.0. The topological polar surface area (TPSA) is 91.4 Å². The van der Waals surface area contributed by atoms with Crippen molar-refractivity contribution >= 4 is 32.6 Å². The number of phenolic OH excluding ortho intramolecular Hbond substituents is 3. The van der Waals surface area contributed by atoms with Gasteiger partial charge < -0.3 is 19.9 Å². The predicted molar refractivity (Wildman–Crippen MR) is 175 cm³/mol. The summed E-state index contributed by atoms with van der Waals surface area (Å²) < 4.78 is 43.7. The second-order valence-electron chi connectivity index (χ2n) is 10.5. The first-order valence-electron chi connectivity index (χ1n) is 16.3. The molecule has 6 heteroatoms. The molecule has 0 saturated carbocycles. The van der Waals surface area contributed by atoms with E-state index in [1.54, 1.807) is 18.5 Å². The Morgan fingerprint density at radius 3 is 2.09 bits per heavy atom. The van der Waals surface area contributed by atoms with E-state index < -0.39 is 35.4 Å². The third-order valence-corrected chi connectivity index (χ3v) is 7.85. The second kappa shape index (κ2) is 10.00. The maximum absolute atomic E-state index is 10.0. The summed E-state index contributed by atoms with van der Waals surface area (Å²) >= 11 is 0. The molecule has 0 atom stereocenters. The highest BCUT2D eigenvalue weighted by Gasteiger charge is 2.16. The number of aromatic hydroxyl groups is 3. The molecule has 44 heavy (non-hydrogen) atoms. The maximum Gasteiger partial charge on any atom is 0.200 e. The average Bonchev–Trinajstić information content (AvgIpc) is 3.45. The van der Waals surface area contributed by atoms with E-state index in [4.69, 9.17) is 11.8 Å². The molecule has 0 amide bonds. The summed E-state index contributed by atoms with van der Waals surface area (Å²) in [6, 6.07) is 25.9. The van der Waals surface area contributed by atoms with E-state index in [0.717, 1.165) is 43.8 Å². The first-order valence-corrected chi connectivity index (χ1v) is 13.8. The van der Waals surface area contributed by atoms with Crippen LogP contribution in [0, 0.1) is 0 Å². The van der Waals surface area contributed by atoms with Crippen LogP contribution in [-0.2, 0) is 0 Å². The molecular weight excluding hydrogens is 546 g/mol. The molecule has 0 aliphatic carbocycles. The number of hydrogen-bond acceptors (Lipinski definition) is 5. The lowest BCUT2D eigenvalue weighted by Crippen LogP contribution is -1.95. The number of aromatic nitrogens is 3. The summed E-state index contributed by atoms with van der Waals surface area (Å²) in [6.45, 7) is 0. The molecular formula is C38H25N3O3. The van der Waals surface area contributed by atoms with Crippen LogP contribution < -0.4 is 0 Å². The van der Waals surface area contributed by atoms with E-state index in [1.165, 1.54) is 12.1 Å². The normalized spacial score (nSPS) is 13.0. The van der Waals surface area contributed by atoms with Gasteiger partial charge in [0.1, 0.15) is 0 Å². The van der Waals surface area contributed by atoms with E-state index in [9.17, 15) is 15.3 Å². The molecule has 0 bridgehead atoms. The van der Waals surface area contributed by atoms with Crippen LogP contribution in [0.1, 0.15) is 6.85 Å². The van der Waals surface area contributed by atoms with Crippen molar-refractivity contribution in [3.05, 3.63) is 134 Å². The quantitative estimate of drug-likeness (QED) is 0.182. The highest BCUT2D eigenvalue weighted by atomic mass is 16.3. The molecule has 8 aromatic rings. The van der Waals surface area contributed by atoms with Crippen molar-refractivity contribution in [1.82, 2.24) is 14.5 Å². The third-order valence-electron chi connectivity index (χ3n) is 7.85. The average molecular weight is 577 g/mol. The Labute approximate surface area is 259 Å². The lowest BCUT2D eigenvalue weighted by atomic mass is 10.00. The van der Waals surface area contributed by atoms with E-state index in [2.05, 4.69) is 9.55 Å². The standard InChI is InChI=1S/C38H25N3O3/c42-36-19-28(20-37(43)38(36)44)25-9-10-26-17-29(13-11-24(26)16-25)41-34-14-12-27(23-6-2-1-3-7-23)18-30(34)31-21-33(40-22-35(31)41)32-8-4-5-15-39-32/h1-22,42-44H/i1D,2D,3D,6D,7D. The van der Waals surface area contributed by atoms with Gasteiger partial charge in [-0.15, -0.1) is 0 Å². The number of phenols is 3. The Hall–Kier alpha value is -6.14. The van der Waals surface area contributed by atoms with Crippen molar-refractivity contribution in [2.75, 3.05) is 0 Å². The SMILES string of the molecule is [2H]c1c([2H])c([2H])c(-c2ccc3c(c2)c2cc(-c4ccccn4)ncc2n3-c2ccc3cc(-c4cc(O)c(O)c(O)c4)ccc3c2)c([2H])c1[2H]. The Morgan fingerprint density at radius 2 is 1.30 bits per heavy atom. The van der Waals surface area contributed by atoms with Crippen molar-refractivity contribution in [3.63, 3.8) is 0 Å². The smallest absolute Gasteiger partial charge is 0.200 e. The van der Waals surface area contributed by atoms with Crippen LogP contribution >= 0.6 is 0 Å². The summed E-state index contributed by atoms with van der Waals surface area (Å²) in [7, 11) is 0. The molecule has 0 fully saturated rings. The Balaban J connectivity index is 1.33. The zero-order valence-corrected chi connectivity index (χ0v) is 23.0. The van der Waals surface area contributed by atoms with Crippen LogP contribution in [-0.4, -0.2) is 29.9 Å². The molecule has 0 aliphatic rings. The Bertz CT molecular complexity index is 2610. The minimum absolute atomic E-state index is 0.129. The minimum atomic E-state index is -0.567. The van der Waals surface area contributed by atoms with Gasteiger partial charge in [-0.05, 0) is 93.7 Å². The van der Waals surface area contributed by atoms with E-state index >= 15 is 0 Å². The largest absolute Gasteiger partial charge is 0.504 e. The van der Waals surface area contributed by atoms with Crippen molar-refractivity contribution in [3.8, 4) is 56.6 Å². The van der Waals surface area contributed by atoms with Gasteiger partial charge in [0.25, 0.3) is 0 Å². The molecule has 3 N–H and O–H groups in total. The molecule has 0 unspecified atom stereocenters. The van der Waals surface area contributed by atoms with Crippen molar-refractivity contribution in [1.29, 1.82) is 0 Å². The van der Waals surface area contributed by atoms with Crippen LogP contribution in [0.2, 0.25) is 0 Å². The van der Waals surface area contributed by atoms with Crippen LogP contribution in [0.4, 0.5) is 0 Å². The fourth-order valence-corrected chi connectivity index (χ4v) is 5.72. The number of hydrogen-bond donors (Lipinski definition) is 3. The fraction of sp³-hybridized carbons (Fsp3) is 0. The predicted octanol–water partition coefficient (Wildman–Crippen LogP) is 8.84. The lowest BCUT2D eigenvalue weighted by Gasteiger charge is -2.11. The number of rotatable bonds is 4. The van der Waals surface area contributed by atoms with E-state index in [-0.39, 0.29) is 17.6 Å². The molecule has 210 valence electrons. The van der Waals surface area contributed by atoms with Gasteiger partial charge in [0.2, 0.25) is 0 Å². The molecule has 0 radical (unpaired) electrons. The summed E-state index contributed by atoms with van der Waals surface area (Å²) in [5, 5.41) is 33.3. The van der Waals surface area contributed by atoms with Gasteiger partial charge in [0, 0.05) is 22.7 Å². The third kappa shape index (κ3) is 4.20. The van der Waals surface area contributed by atoms with Crippen molar-refractivity contribution in [2.24, 2.45) is 0 Å². The molecule has 0 saturated heterocycles. The van der Waals surface area contributed by atoms with E-state index in [1.807, 2.05) is 72.8 Å². The van der Waals surface area contributed by atoms with Gasteiger partial charge in [0.05, 0.1) is 35.5 Å². The van der Waals surface area contributed by atoms with Gasteiger partial charge in [-0.25, -0.2) is 0 Å². The first-order chi connectivity index (χ1) is 23.6. The van der Waals surface area contributed by atoms with Crippen LogP contribution in [0.25, 0.3) is 71.9 Å². The monoisotopic (exact) mass is 576 g/mol. The highest BCUT2D eigenvalue weighted by Crippen LogP contribution is 2.40. The number of nitrogens with zero attached hydrogens (tertiary/aromatic N) is 3. The highest BCUT2D eigenvalue weighted by molar-refractivity contribution is 6.11. The van der Waals surface area contributed by atoms with Gasteiger partial charge in [0.15, 0.2) is 17.2 Å². The molecule has 3 heterocycles. The second-order valence-corrected chi connectivity index (χ2v) is 10.5. The van der Waals surface area contributed by atoms with Gasteiger partial charge in [-0.3, -0.25) is 9.97 Å². The number of pyridine rings is 2. The first kappa shape index (κ1) is 20.7.